The predicted octanol–water partition coefficient (Wildman–Crippen LogP) is 4.46. The molecule has 0 saturated carbocycles. The van der Waals surface area contributed by atoms with Crippen LogP contribution in [-0.4, -0.2) is 32.0 Å². The van der Waals surface area contributed by atoms with E-state index in [-0.39, 0.29) is 22.7 Å². The zero-order chi connectivity index (χ0) is 22.3. The Labute approximate surface area is 178 Å². The maximum Gasteiger partial charge on any atom is 0.433 e. The van der Waals surface area contributed by atoms with E-state index >= 15 is 0 Å². The molecule has 0 spiro atoms. The van der Waals surface area contributed by atoms with Gasteiger partial charge in [-0.15, -0.1) is 0 Å². The molecule has 7 nitrogen and oxygen atoms in total. The lowest BCUT2D eigenvalue weighted by molar-refractivity contribution is -0.142. The van der Waals surface area contributed by atoms with Crippen molar-refractivity contribution in [2.75, 3.05) is 6.54 Å². The molecule has 0 fully saturated rings. The number of halogens is 3. The van der Waals surface area contributed by atoms with Crippen LogP contribution in [0.15, 0.2) is 65.5 Å². The lowest BCUT2D eigenvalue weighted by Crippen LogP contribution is -2.26. The summed E-state index contributed by atoms with van der Waals surface area (Å²) in [5.74, 6) is -0.401. The molecule has 1 amide bonds. The number of para-hydroxylation sites is 1. The Balaban J connectivity index is 1.43. The van der Waals surface area contributed by atoms with Crippen LogP contribution in [0.25, 0.3) is 28.0 Å². The van der Waals surface area contributed by atoms with Crippen LogP contribution in [0.5, 0.6) is 0 Å². The minimum absolute atomic E-state index is 0.0387. The maximum atomic E-state index is 13.6. The number of rotatable bonds is 5. The summed E-state index contributed by atoms with van der Waals surface area (Å²) in [5.41, 5.74) is 0.678. The number of alkyl halides is 3. The number of hydrogen-bond donors (Lipinski definition) is 2. The first-order valence-corrected chi connectivity index (χ1v) is 9.75. The summed E-state index contributed by atoms with van der Waals surface area (Å²) < 4.78 is 46.7. The Bertz CT molecular complexity index is 1420. The molecule has 0 aliphatic heterocycles. The van der Waals surface area contributed by atoms with E-state index < -0.39 is 17.8 Å². The van der Waals surface area contributed by atoms with Crippen LogP contribution in [0.2, 0.25) is 0 Å². The Morgan fingerprint density at radius 2 is 2.03 bits per heavy atom. The number of hydrogen-bond acceptors (Lipinski definition) is 4. The molecule has 162 valence electrons. The van der Waals surface area contributed by atoms with Gasteiger partial charge in [-0.3, -0.25) is 4.79 Å². The highest BCUT2D eigenvalue weighted by Gasteiger charge is 2.36. The van der Waals surface area contributed by atoms with Crippen LogP contribution >= 0.6 is 0 Å². The van der Waals surface area contributed by atoms with Gasteiger partial charge in [0.1, 0.15) is 11.3 Å². The van der Waals surface area contributed by atoms with Crippen molar-refractivity contribution >= 4 is 22.5 Å². The van der Waals surface area contributed by atoms with E-state index in [1.165, 1.54) is 12.3 Å². The summed E-state index contributed by atoms with van der Waals surface area (Å²) in [6, 6.07) is 11.7. The molecular formula is C22H16F3N5O2. The Kier molecular flexibility index (Phi) is 4.69. The highest BCUT2D eigenvalue weighted by Crippen LogP contribution is 2.32. The fourth-order valence-electron chi connectivity index (χ4n) is 3.62. The number of aromatic amines is 1. The first kappa shape index (κ1) is 19.9. The van der Waals surface area contributed by atoms with Crippen LogP contribution in [0.3, 0.4) is 0 Å². The van der Waals surface area contributed by atoms with Gasteiger partial charge in [-0.2, -0.15) is 18.3 Å². The normalized spacial score (nSPS) is 12.0. The van der Waals surface area contributed by atoms with E-state index in [9.17, 15) is 18.0 Å². The number of carbonyl (C=O) groups is 1. The first-order valence-electron chi connectivity index (χ1n) is 9.75. The molecule has 1 aromatic carbocycles. The molecular weight excluding hydrogens is 423 g/mol. The molecule has 5 aromatic rings. The van der Waals surface area contributed by atoms with Crippen molar-refractivity contribution in [3.63, 3.8) is 0 Å². The van der Waals surface area contributed by atoms with Crippen LogP contribution in [0, 0.1) is 0 Å². The Morgan fingerprint density at radius 3 is 2.81 bits per heavy atom. The molecule has 0 aliphatic rings. The van der Waals surface area contributed by atoms with E-state index in [1.807, 2.05) is 30.5 Å². The van der Waals surface area contributed by atoms with Gasteiger partial charge in [0.2, 0.25) is 0 Å². The number of furan rings is 1. The van der Waals surface area contributed by atoms with Gasteiger partial charge < -0.3 is 14.7 Å². The number of benzene rings is 1. The second-order valence-corrected chi connectivity index (χ2v) is 7.16. The summed E-state index contributed by atoms with van der Waals surface area (Å²) in [5, 5.41) is 7.56. The number of carbonyl (C=O) groups excluding carboxylic acids is 1. The molecule has 4 aromatic heterocycles. The van der Waals surface area contributed by atoms with Crippen molar-refractivity contribution in [1.29, 1.82) is 0 Å². The van der Waals surface area contributed by atoms with Crippen molar-refractivity contribution in [1.82, 2.24) is 24.9 Å². The standard InChI is InChI=1S/C22H16F3N5O2/c23-22(24,25)19-10-17(18-6-3-9-32-18)29-20-15(12-28-30(19)20)21(31)26-8-7-13-11-27-16-5-2-1-4-14(13)16/h1-6,9-12,27H,7-8H2,(H,26,31). The van der Waals surface area contributed by atoms with Gasteiger partial charge >= 0.3 is 6.18 Å². The molecule has 0 aliphatic carbocycles. The summed E-state index contributed by atoms with van der Waals surface area (Å²) >= 11 is 0. The van der Waals surface area contributed by atoms with Crippen molar-refractivity contribution in [3.05, 3.63) is 77.9 Å². The van der Waals surface area contributed by atoms with Crippen LogP contribution in [-0.2, 0) is 12.6 Å². The number of nitrogens with one attached hydrogen (secondary N) is 2. The summed E-state index contributed by atoms with van der Waals surface area (Å²) in [6.45, 7) is 0.294. The summed E-state index contributed by atoms with van der Waals surface area (Å²) in [6.07, 6.45) is 0.151. The van der Waals surface area contributed by atoms with Gasteiger partial charge in [0, 0.05) is 23.6 Å². The lowest BCUT2D eigenvalue weighted by Gasteiger charge is -2.10. The van der Waals surface area contributed by atoms with Gasteiger partial charge in [0.25, 0.3) is 5.91 Å². The number of amides is 1. The summed E-state index contributed by atoms with van der Waals surface area (Å²) in [4.78, 5) is 20.1. The quantitative estimate of drug-likeness (QED) is 0.423. The van der Waals surface area contributed by atoms with Crippen molar-refractivity contribution in [2.45, 2.75) is 12.6 Å². The van der Waals surface area contributed by atoms with Gasteiger partial charge in [-0.1, -0.05) is 18.2 Å². The van der Waals surface area contributed by atoms with Crippen LogP contribution < -0.4 is 5.32 Å². The van der Waals surface area contributed by atoms with E-state index in [0.29, 0.717) is 17.5 Å². The third-order valence-corrected chi connectivity index (χ3v) is 5.14. The molecule has 32 heavy (non-hydrogen) atoms. The minimum atomic E-state index is -4.70. The van der Waals surface area contributed by atoms with Crippen LogP contribution in [0.4, 0.5) is 13.2 Å². The average Bonchev–Trinajstić information content (AvgIpc) is 3.52. The first-order chi connectivity index (χ1) is 15.4. The Hall–Kier alpha value is -4.08. The molecule has 0 bridgehead atoms. The number of H-pyrrole nitrogens is 1. The molecule has 0 atom stereocenters. The van der Waals surface area contributed by atoms with Crippen molar-refractivity contribution in [2.24, 2.45) is 0 Å². The lowest BCUT2D eigenvalue weighted by atomic mass is 10.1. The molecule has 4 heterocycles. The smallest absolute Gasteiger partial charge is 0.433 e. The SMILES string of the molecule is O=C(NCCc1c[nH]c2ccccc12)c1cnn2c(C(F)(F)F)cc(-c3ccco3)nc12. The molecule has 0 saturated heterocycles. The molecule has 0 radical (unpaired) electrons. The van der Waals surface area contributed by atoms with Gasteiger partial charge in [-0.05, 0) is 36.2 Å². The van der Waals surface area contributed by atoms with Crippen molar-refractivity contribution < 1.29 is 22.4 Å². The summed E-state index contributed by atoms with van der Waals surface area (Å²) in [7, 11) is 0. The molecule has 2 N–H and O–H groups in total. The van der Waals surface area contributed by atoms with Gasteiger partial charge in [0.15, 0.2) is 17.1 Å². The van der Waals surface area contributed by atoms with Crippen LogP contribution in [0.1, 0.15) is 21.6 Å². The van der Waals surface area contributed by atoms with Crippen molar-refractivity contribution in [3.8, 4) is 11.5 Å². The molecule has 10 heteroatoms. The van der Waals surface area contributed by atoms with Gasteiger partial charge in [-0.25, -0.2) is 9.50 Å². The zero-order valence-corrected chi connectivity index (χ0v) is 16.5. The van der Waals surface area contributed by atoms with E-state index in [0.717, 1.165) is 28.7 Å². The Morgan fingerprint density at radius 1 is 1.19 bits per heavy atom. The topological polar surface area (TPSA) is 88.2 Å². The maximum absolute atomic E-state index is 13.6. The van der Waals surface area contributed by atoms with E-state index in [2.05, 4.69) is 20.4 Å². The zero-order valence-electron chi connectivity index (χ0n) is 16.5. The molecule has 0 unspecified atom stereocenters. The second kappa shape index (κ2) is 7.56. The van der Waals surface area contributed by atoms with E-state index in [4.69, 9.17) is 4.42 Å². The highest BCUT2D eigenvalue weighted by atomic mass is 19.4. The highest BCUT2D eigenvalue weighted by molar-refractivity contribution is 6.00. The second-order valence-electron chi connectivity index (χ2n) is 7.16. The minimum Gasteiger partial charge on any atom is -0.463 e. The third kappa shape index (κ3) is 3.49. The average molecular weight is 439 g/mol. The van der Waals surface area contributed by atoms with Gasteiger partial charge in [0.05, 0.1) is 12.5 Å². The van der Waals surface area contributed by atoms with E-state index in [1.54, 1.807) is 6.07 Å². The largest absolute Gasteiger partial charge is 0.463 e. The fourth-order valence-corrected chi connectivity index (χ4v) is 3.62. The monoisotopic (exact) mass is 439 g/mol. The number of fused-ring (bicyclic) bond motifs is 2. The fraction of sp³-hybridized carbons (Fsp3) is 0.136. The predicted molar refractivity (Wildman–Crippen MR) is 110 cm³/mol. The number of aromatic nitrogens is 4. The number of nitrogens with zero attached hydrogens (tertiary/aromatic N) is 3. The molecule has 5 rings (SSSR count). The third-order valence-electron chi connectivity index (χ3n) is 5.14.